The van der Waals surface area contributed by atoms with E-state index in [1.54, 1.807) is 0 Å². The minimum atomic E-state index is 0.529. The molecule has 98 valence electrons. The second-order valence-corrected chi connectivity index (χ2v) is 6.69. The summed E-state index contributed by atoms with van der Waals surface area (Å²) in [6.07, 6.45) is 0. The molecule has 0 N–H and O–H groups in total. The van der Waals surface area contributed by atoms with Gasteiger partial charge in [0.1, 0.15) is 0 Å². The van der Waals surface area contributed by atoms with Gasteiger partial charge in [-0.15, -0.1) is 11.8 Å². The maximum atomic E-state index is 2.34. The van der Waals surface area contributed by atoms with Crippen LogP contribution in [0.1, 0.15) is 42.0 Å². The van der Waals surface area contributed by atoms with Gasteiger partial charge in [0.25, 0.3) is 0 Å². The lowest BCUT2D eigenvalue weighted by atomic mass is 9.80. The second kappa shape index (κ2) is 5.05. The maximum absolute atomic E-state index is 2.34. The number of fused-ring (bicyclic) bond motifs is 2. The van der Waals surface area contributed by atoms with Crippen LogP contribution in [0.4, 0.5) is 0 Å². The molecule has 0 spiro atoms. The highest BCUT2D eigenvalue weighted by Crippen LogP contribution is 2.44. The van der Waals surface area contributed by atoms with E-state index in [1.807, 2.05) is 11.8 Å². The summed E-state index contributed by atoms with van der Waals surface area (Å²) >= 11 is 2.00. The third kappa shape index (κ3) is 2.21. The summed E-state index contributed by atoms with van der Waals surface area (Å²) in [5, 5.41) is 0. The van der Waals surface area contributed by atoms with Gasteiger partial charge in [0.15, 0.2) is 0 Å². The summed E-state index contributed by atoms with van der Waals surface area (Å²) in [5.41, 5.74) is 5.96. The number of rotatable bonds is 1. The Morgan fingerprint density at radius 1 is 1.00 bits per heavy atom. The van der Waals surface area contributed by atoms with Crippen LogP contribution in [0.25, 0.3) is 0 Å². The first kappa shape index (κ1) is 12.8. The van der Waals surface area contributed by atoms with Gasteiger partial charge in [0, 0.05) is 16.6 Å². The van der Waals surface area contributed by atoms with E-state index in [2.05, 4.69) is 63.2 Å². The van der Waals surface area contributed by atoms with Crippen LogP contribution in [0.2, 0.25) is 0 Å². The molecule has 1 unspecified atom stereocenters. The van der Waals surface area contributed by atoms with Crippen molar-refractivity contribution in [3.8, 4) is 0 Å². The van der Waals surface area contributed by atoms with Crippen LogP contribution in [-0.4, -0.2) is 0 Å². The van der Waals surface area contributed by atoms with Crippen LogP contribution in [0.5, 0.6) is 0 Å². The average Bonchev–Trinajstić information content (AvgIpc) is 2.56. The molecule has 0 nitrogen and oxygen atoms in total. The Labute approximate surface area is 120 Å². The normalized spacial score (nSPS) is 17.8. The number of hydrogen-bond acceptors (Lipinski definition) is 1. The first-order valence-electron chi connectivity index (χ1n) is 6.98. The molecule has 2 aromatic carbocycles. The Balaban J connectivity index is 2.24. The van der Waals surface area contributed by atoms with Crippen molar-refractivity contribution in [2.45, 2.75) is 37.3 Å². The number of thioether (sulfide) groups is 1. The summed E-state index contributed by atoms with van der Waals surface area (Å²) in [6.45, 7) is 6.91. The lowest BCUT2D eigenvalue weighted by Gasteiger charge is -2.24. The fourth-order valence-electron chi connectivity index (χ4n) is 3.12. The molecule has 0 amide bonds. The molecule has 1 heteroatoms. The lowest BCUT2D eigenvalue weighted by Crippen LogP contribution is -2.10. The van der Waals surface area contributed by atoms with Crippen LogP contribution >= 0.6 is 11.8 Å². The molecule has 1 atom stereocenters. The van der Waals surface area contributed by atoms with Crippen molar-refractivity contribution in [2.75, 3.05) is 0 Å². The molecular weight excluding hydrogens is 248 g/mol. The SMILES string of the molecule is Cc1cccc2c1SCc1ccccc1C2C(C)C. The van der Waals surface area contributed by atoms with Crippen molar-refractivity contribution in [1.82, 2.24) is 0 Å². The number of aryl methyl sites for hydroxylation is 1. The molecule has 0 radical (unpaired) electrons. The van der Waals surface area contributed by atoms with Crippen molar-refractivity contribution in [3.63, 3.8) is 0 Å². The van der Waals surface area contributed by atoms with E-state index >= 15 is 0 Å². The predicted octanol–water partition coefficient (Wildman–Crippen LogP) is 5.39. The second-order valence-electron chi connectivity index (χ2n) is 5.70. The molecule has 3 rings (SSSR count). The topological polar surface area (TPSA) is 0 Å². The zero-order chi connectivity index (χ0) is 13.4. The van der Waals surface area contributed by atoms with Crippen LogP contribution in [0.15, 0.2) is 47.4 Å². The van der Waals surface area contributed by atoms with Gasteiger partial charge in [0.05, 0.1) is 0 Å². The summed E-state index contributed by atoms with van der Waals surface area (Å²) < 4.78 is 0. The summed E-state index contributed by atoms with van der Waals surface area (Å²) in [4.78, 5) is 1.50. The lowest BCUT2D eigenvalue weighted by molar-refractivity contribution is 0.555. The molecule has 1 aliphatic heterocycles. The number of benzene rings is 2. The molecular formula is C18H20S. The van der Waals surface area contributed by atoms with E-state index in [4.69, 9.17) is 0 Å². The molecule has 0 aliphatic carbocycles. The maximum Gasteiger partial charge on any atom is 0.0235 e. The van der Waals surface area contributed by atoms with Gasteiger partial charge in [-0.25, -0.2) is 0 Å². The molecule has 0 bridgehead atoms. The third-order valence-electron chi connectivity index (χ3n) is 4.01. The van der Waals surface area contributed by atoms with E-state index in [0.717, 1.165) is 5.75 Å². The summed E-state index contributed by atoms with van der Waals surface area (Å²) in [7, 11) is 0. The highest BCUT2D eigenvalue weighted by Gasteiger charge is 2.26. The minimum Gasteiger partial charge on any atom is -0.121 e. The molecule has 0 aromatic heterocycles. The van der Waals surface area contributed by atoms with Crippen LogP contribution in [0.3, 0.4) is 0 Å². The Morgan fingerprint density at radius 3 is 2.53 bits per heavy atom. The van der Waals surface area contributed by atoms with E-state index in [9.17, 15) is 0 Å². The smallest absolute Gasteiger partial charge is 0.0235 e. The Kier molecular flexibility index (Phi) is 3.40. The zero-order valence-corrected chi connectivity index (χ0v) is 12.6. The third-order valence-corrected chi connectivity index (χ3v) is 5.31. The van der Waals surface area contributed by atoms with E-state index in [1.165, 1.54) is 27.1 Å². The fraction of sp³-hybridized carbons (Fsp3) is 0.333. The molecule has 0 fully saturated rings. The van der Waals surface area contributed by atoms with E-state index < -0.39 is 0 Å². The summed E-state index contributed by atoms with van der Waals surface area (Å²) in [5.74, 6) is 2.25. The largest absolute Gasteiger partial charge is 0.121 e. The number of hydrogen-bond donors (Lipinski definition) is 0. The van der Waals surface area contributed by atoms with Gasteiger partial charge < -0.3 is 0 Å². The van der Waals surface area contributed by atoms with E-state index in [0.29, 0.717) is 11.8 Å². The molecule has 1 heterocycles. The van der Waals surface area contributed by atoms with Gasteiger partial charge in [-0.05, 0) is 35.1 Å². The molecule has 19 heavy (non-hydrogen) atoms. The van der Waals surface area contributed by atoms with Crippen molar-refractivity contribution >= 4 is 11.8 Å². The van der Waals surface area contributed by atoms with Crippen molar-refractivity contribution < 1.29 is 0 Å². The Morgan fingerprint density at radius 2 is 1.74 bits per heavy atom. The van der Waals surface area contributed by atoms with Crippen molar-refractivity contribution in [1.29, 1.82) is 0 Å². The Bertz CT molecular complexity index is 598. The first-order valence-corrected chi connectivity index (χ1v) is 7.97. The van der Waals surface area contributed by atoms with Crippen molar-refractivity contribution in [2.24, 2.45) is 5.92 Å². The quantitative estimate of drug-likeness (QED) is 0.668. The average molecular weight is 268 g/mol. The highest BCUT2D eigenvalue weighted by atomic mass is 32.2. The van der Waals surface area contributed by atoms with Gasteiger partial charge >= 0.3 is 0 Å². The molecule has 2 aromatic rings. The monoisotopic (exact) mass is 268 g/mol. The Hall–Kier alpha value is -1.21. The van der Waals surface area contributed by atoms with Gasteiger partial charge in [0.2, 0.25) is 0 Å². The van der Waals surface area contributed by atoms with Gasteiger partial charge in [-0.2, -0.15) is 0 Å². The summed E-state index contributed by atoms with van der Waals surface area (Å²) in [6, 6.07) is 15.7. The highest BCUT2D eigenvalue weighted by molar-refractivity contribution is 7.98. The molecule has 1 aliphatic rings. The van der Waals surface area contributed by atoms with Gasteiger partial charge in [-0.3, -0.25) is 0 Å². The van der Waals surface area contributed by atoms with E-state index in [-0.39, 0.29) is 0 Å². The van der Waals surface area contributed by atoms with Crippen LogP contribution < -0.4 is 0 Å². The van der Waals surface area contributed by atoms with Crippen LogP contribution in [0, 0.1) is 12.8 Å². The first-order chi connectivity index (χ1) is 9.18. The molecule has 0 saturated heterocycles. The van der Waals surface area contributed by atoms with Crippen molar-refractivity contribution in [3.05, 3.63) is 64.7 Å². The van der Waals surface area contributed by atoms with Gasteiger partial charge in [-0.1, -0.05) is 56.3 Å². The zero-order valence-electron chi connectivity index (χ0n) is 11.8. The standard InChI is InChI=1S/C18H20S/c1-12(2)17-15-9-5-4-8-14(15)11-19-18-13(3)7-6-10-16(17)18/h4-10,12,17H,11H2,1-3H3. The predicted molar refractivity (Wildman–Crippen MR) is 83.9 cm³/mol. The van der Waals surface area contributed by atoms with Crippen LogP contribution in [-0.2, 0) is 5.75 Å². The molecule has 0 saturated carbocycles. The fourth-order valence-corrected chi connectivity index (χ4v) is 4.34. The minimum absolute atomic E-state index is 0.529.